The van der Waals surface area contributed by atoms with Crippen molar-refractivity contribution in [3.63, 3.8) is 0 Å². The summed E-state index contributed by atoms with van der Waals surface area (Å²) < 4.78 is 5.64. The molecule has 164 valence electrons. The second-order valence-corrected chi connectivity index (χ2v) is 8.73. The third-order valence-corrected chi connectivity index (χ3v) is 6.99. The first-order chi connectivity index (χ1) is 15.3. The lowest BCUT2D eigenvalue weighted by molar-refractivity contribution is 0.308. The number of nitriles is 1. The molecule has 0 aromatic heterocycles. The first-order valence-electron chi connectivity index (χ1n) is 11.3. The zero-order valence-electron chi connectivity index (χ0n) is 17.8. The van der Waals surface area contributed by atoms with Crippen LogP contribution < -0.4 is 4.74 Å². The summed E-state index contributed by atoms with van der Waals surface area (Å²) in [5, 5.41) is 10.5. The minimum atomic E-state index is -0.609. The van der Waals surface area contributed by atoms with Crippen molar-refractivity contribution in [1.29, 1.82) is 5.26 Å². The van der Waals surface area contributed by atoms with Crippen LogP contribution >= 0.6 is 0 Å². The van der Waals surface area contributed by atoms with Gasteiger partial charge in [0, 0.05) is 19.5 Å². The largest absolute Gasteiger partial charge is 0.493 e. The van der Waals surface area contributed by atoms with E-state index in [1.807, 2.05) is 12.1 Å². The molecule has 5 rings (SSSR count). The highest BCUT2D eigenvalue weighted by Gasteiger charge is 2.45. The van der Waals surface area contributed by atoms with Crippen molar-refractivity contribution in [3.05, 3.63) is 101 Å². The molecule has 0 unspecified atom stereocenters. The summed E-state index contributed by atoms with van der Waals surface area (Å²) >= 11 is 0. The summed E-state index contributed by atoms with van der Waals surface area (Å²) in [7, 11) is 0. The molecule has 0 saturated carbocycles. The molecule has 2 heterocycles. The van der Waals surface area contributed by atoms with Crippen LogP contribution in [-0.4, -0.2) is 31.1 Å². The molecular weight excluding hydrogens is 392 g/mol. The highest BCUT2D eigenvalue weighted by Crippen LogP contribution is 2.43. The number of hydrogen-bond acceptors (Lipinski definition) is 3. The van der Waals surface area contributed by atoms with Crippen molar-refractivity contribution in [3.8, 4) is 11.8 Å². The first kappa shape index (κ1) is 22.1. The van der Waals surface area contributed by atoms with Crippen molar-refractivity contribution in [2.75, 3.05) is 26.2 Å². The summed E-state index contributed by atoms with van der Waals surface area (Å²) in [6.07, 6.45) is 3.10. The van der Waals surface area contributed by atoms with Crippen LogP contribution in [0.5, 0.6) is 5.75 Å². The highest BCUT2D eigenvalue weighted by molar-refractivity contribution is 5.47. The maximum Gasteiger partial charge on any atom is 0.122 e. The van der Waals surface area contributed by atoms with Crippen LogP contribution in [0.25, 0.3) is 0 Å². The van der Waals surface area contributed by atoms with Crippen LogP contribution in [0.3, 0.4) is 0 Å². The molecule has 3 aromatic carbocycles. The molecule has 32 heavy (non-hydrogen) atoms. The number of likely N-dealkylation sites (tertiary alicyclic amines) is 1. The van der Waals surface area contributed by atoms with E-state index in [4.69, 9.17) is 4.74 Å². The minimum Gasteiger partial charge on any atom is -0.493 e. The van der Waals surface area contributed by atoms with E-state index in [2.05, 4.69) is 77.7 Å². The molecule has 3 nitrogen and oxygen atoms in total. The lowest BCUT2D eigenvalue weighted by Gasteiger charge is -2.34. The molecule has 0 amide bonds. The molecule has 3 heteroatoms. The van der Waals surface area contributed by atoms with E-state index in [1.54, 1.807) is 0 Å². The van der Waals surface area contributed by atoms with Gasteiger partial charge in [-0.15, -0.1) is 0 Å². The Morgan fingerprint density at radius 2 is 1.66 bits per heavy atom. The summed E-state index contributed by atoms with van der Waals surface area (Å²) in [5.74, 6) is 1.32. The van der Waals surface area contributed by atoms with Gasteiger partial charge in [0.1, 0.15) is 11.2 Å². The highest BCUT2D eigenvalue weighted by atomic mass is 16.5. The van der Waals surface area contributed by atoms with E-state index in [0.29, 0.717) is 0 Å². The molecule has 0 bridgehead atoms. The van der Waals surface area contributed by atoms with E-state index in [1.165, 1.54) is 11.1 Å². The molecule has 0 radical (unpaired) electrons. The normalized spacial score (nSPS) is 17.8. The average Bonchev–Trinajstić information content (AvgIpc) is 3.50. The standard InChI is InChI=1S/C28H28N2O.CH4/c29-21-28(24-7-3-1-4-8-24,25-9-5-2-6-10-25)26-14-17-30(20-26)16-13-22-11-12-27-23(19-22)15-18-31-27;/h1-12,19,26H,13-18,20H2;1H4/t26-;/m1./s1. The fourth-order valence-electron chi connectivity index (χ4n) is 5.33. The predicted octanol–water partition coefficient (Wildman–Crippen LogP) is 5.63. The molecule has 1 saturated heterocycles. The Balaban J connectivity index is 0.00000245. The van der Waals surface area contributed by atoms with Crippen LogP contribution in [0, 0.1) is 17.2 Å². The van der Waals surface area contributed by atoms with Crippen LogP contribution in [-0.2, 0) is 18.3 Å². The zero-order chi connectivity index (χ0) is 21.1. The summed E-state index contributed by atoms with van der Waals surface area (Å²) in [6, 6.07) is 30.1. The minimum absolute atomic E-state index is 0. The first-order valence-corrected chi connectivity index (χ1v) is 11.3. The second-order valence-electron chi connectivity index (χ2n) is 8.73. The van der Waals surface area contributed by atoms with E-state index >= 15 is 0 Å². The van der Waals surface area contributed by atoms with Gasteiger partial charge in [-0.1, -0.05) is 80.2 Å². The van der Waals surface area contributed by atoms with Gasteiger partial charge < -0.3 is 9.64 Å². The number of hydrogen-bond donors (Lipinski definition) is 0. The monoisotopic (exact) mass is 424 g/mol. The smallest absolute Gasteiger partial charge is 0.122 e. The molecule has 2 aliphatic rings. The van der Waals surface area contributed by atoms with E-state index < -0.39 is 5.41 Å². The predicted molar refractivity (Wildman–Crippen MR) is 130 cm³/mol. The van der Waals surface area contributed by atoms with Crippen molar-refractivity contribution in [1.82, 2.24) is 4.90 Å². The van der Waals surface area contributed by atoms with Gasteiger partial charge >= 0.3 is 0 Å². The van der Waals surface area contributed by atoms with Crippen LogP contribution in [0.4, 0.5) is 0 Å². The summed E-state index contributed by atoms with van der Waals surface area (Å²) in [6.45, 7) is 3.83. The Kier molecular flexibility index (Phi) is 6.63. The molecule has 2 aliphatic heterocycles. The SMILES string of the molecule is C.N#CC(c1ccccc1)(c1ccccc1)[C@@H]1CCN(CCc2ccc3c(c2)CCO3)C1. The van der Waals surface area contributed by atoms with Gasteiger partial charge in [-0.05, 0) is 53.6 Å². The van der Waals surface area contributed by atoms with Gasteiger partial charge in [0.2, 0.25) is 0 Å². The van der Waals surface area contributed by atoms with Crippen LogP contribution in [0.1, 0.15) is 36.1 Å². The van der Waals surface area contributed by atoms with Gasteiger partial charge in [-0.25, -0.2) is 0 Å². The van der Waals surface area contributed by atoms with Crippen molar-refractivity contribution < 1.29 is 4.74 Å². The summed E-state index contributed by atoms with van der Waals surface area (Å²) in [4.78, 5) is 2.53. The van der Waals surface area contributed by atoms with E-state index in [-0.39, 0.29) is 13.3 Å². The average molecular weight is 425 g/mol. The lowest BCUT2D eigenvalue weighted by Crippen LogP contribution is -2.37. The van der Waals surface area contributed by atoms with Gasteiger partial charge in [0.15, 0.2) is 0 Å². The fourth-order valence-corrected chi connectivity index (χ4v) is 5.33. The molecule has 0 N–H and O–H groups in total. The van der Waals surface area contributed by atoms with Crippen LogP contribution in [0.2, 0.25) is 0 Å². The number of nitrogens with zero attached hydrogens (tertiary/aromatic N) is 2. The lowest BCUT2D eigenvalue weighted by atomic mass is 9.66. The number of ether oxygens (including phenoxy) is 1. The molecule has 1 atom stereocenters. The van der Waals surface area contributed by atoms with Crippen molar-refractivity contribution in [2.45, 2.75) is 32.1 Å². The Morgan fingerprint density at radius 1 is 0.969 bits per heavy atom. The fraction of sp³-hybridized carbons (Fsp3) is 0.345. The molecule has 3 aromatic rings. The Hall–Kier alpha value is -3.09. The van der Waals surface area contributed by atoms with Crippen molar-refractivity contribution >= 4 is 0 Å². The van der Waals surface area contributed by atoms with E-state index in [9.17, 15) is 5.26 Å². The third-order valence-electron chi connectivity index (χ3n) is 6.99. The topological polar surface area (TPSA) is 36.3 Å². The third kappa shape index (κ3) is 4.04. The second kappa shape index (κ2) is 9.59. The summed E-state index contributed by atoms with van der Waals surface area (Å²) in [5.41, 5.74) is 4.32. The van der Waals surface area contributed by atoms with Gasteiger partial charge in [0.05, 0.1) is 12.7 Å². The van der Waals surface area contributed by atoms with Crippen molar-refractivity contribution in [2.24, 2.45) is 5.92 Å². The quantitative estimate of drug-likeness (QED) is 0.514. The van der Waals surface area contributed by atoms with Gasteiger partial charge in [0.25, 0.3) is 0 Å². The van der Waals surface area contributed by atoms with Crippen LogP contribution in [0.15, 0.2) is 78.9 Å². The van der Waals surface area contributed by atoms with E-state index in [0.717, 1.165) is 62.4 Å². The maximum atomic E-state index is 10.5. The molecule has 1 fully saturated rings. The Bertz CT molecular complexity index is 1030. The Morgan fingerprint density at radius 3 is 2.31 bits per heavy atom. The number of fused-ring (bicyclic) bond motifs is 1. The number of benzene rings is 3. The van der Waals surface area contributed by atoms with Gasteiger partial charge in [-0.3, -0.25) is 0 Å². The Labute approximate surface area is 192 Å². The zero-order valence-corrected chi connectivity index (χ0v) is 17.8. The number of rotatable bonds is 6. The molecule has 0 aliphatic carbocycles. The van der Waals surface area contributed by atoms with Gasteiger partial charge in [-0.2, -0.15) is 5.26 Å². The molecular formula is C29H32N2O. The molecule has 0 spiro atoms. The maximum absolute atomic E-state index is 10.5.